The van der Waals surface area contributed by atoms with Gasteiger partial charge in [-0.25, -0.2) is 0 Å². The molecule has 0 nitrogen and oxygen atoms in total. The number of hydrogen-bond donors (Lipinski definition) is 0. The molecule has 84 valence electrons. The zero-order chi connectivity index (χ0) is 10.5. The van der Waals surface area contributed by atoms with Crippen LogP contribution in [0.2, 0.25) is 0 Å². The van der Waals surface area contributed by atoms with E-state index in [1.54, 1.807) is 5.57 Å². The summed E-state index contributed by atoms with van der Waals surface area (Å²) < 4.78 is 0. The Morgan fingerprint density at radius 1 is 0.733 bits per heavy atom. The summed E-state index contributed by atoms with van der Waals surface area (Å²) in [6.45, 7) is 3.95. The van der Waals surface area contributed by atoms with Crippen molar-refractivity contribution in [1.82, 2.24) is 0 Å². The smallest absolute Gasteiger partial charge is 0.0125 e. The maximum absolute atomic E-state index is 3.95. The molecule has 0 saturated heterocycles. The average Bonchev–Trinajstić information content (AvgIpc) is 2.33. The van der Waals surface area contributed by atoms with Crippen molar-refractivity contribution in [3.05, 3.63) is 17.9 Å². The van der Waals surface area contributed by atoms with Crippen LogP contribution in [0, 0.1) is 11.8 Å². The van der Waals surface area contributed by atoms with Gasteiger partial charge >= 0.3 is 0 Å². The highest BCUT2D eigenvalue weighted by Gasteiger charge is 2.25. The van der Waals surface area contributed by atoms with Crippen LogP contribution in [0.3, 0.4) is 0 Å². The second kappa shape index (κ2) is 5.56. The first-order chi connectivity index (χ1) is 7.42. The first-order valence-corrected chi connectivity index (χ1v) is 6.81. The summed E-state index contributed by atoms with van der Waals surface area (Å²) in [5.74, 6) is 1.69. The standard InChI is InChI=1S/C15H24/c1-2-15(13-9-5-3-6-10-13)14-11-7-4-8-12-14/h13-14H,1,3-12H2. The SMILES string of the molecule is C=C=C(C1CCCCC1)C1CCCCC1. The molecule has 0 radical (unpaired) electrons. The fraction of sp³-hybridized carbons (Fsp3) is 0.800. The summed E-state index contributed by atoms with van der Waals surface area (Å²) in [5, 5.41) is 0. The molecule has 0 aromatic rings. The van der Waals surface area contributed by atoms with Gasteiger partial charge in [-0.2, -0.15) is 0 Å². The van der Waals surface area contributed by atoms with Crippen LogP contribution >= 0.6 is 0 Å². The van der Waals surface area contributed by atoms with E-state index in [2.05, 4.69) is 12.3 Å². The maximum Gasteiger partial charge on any atom is -0.0125 e. The third-order valence-corrected chi connectivity index (χ3v) is 4.29. The monoisotopic (exact) mass is 204 g/mol. The molecule has 0 bridgehead atoms. The Balaban J connectivity index is 1.99. The minimum atomic E-state index is 0.847. The van der Waals surface area contributed by atoms with E-state index in [1.807, 2.05) is 0 Å². The van der Waals surface area contributed by atoms with Crippen molar-refractivity contribution in [3.63, 3.8) is 0 Å². The first-order valence-electron chi connectivity index (χ1n) is 6.81. The minimum Gasteiger partial charge on any atom is -0.129 e. The number of hydrogen-bond acceptors (Lipinski definition) is 0. The summed E-state index contributed by atoms with van der Waals surface area (Å²) in [4.78, 5) is 0. The van der Waals surface area contributed by atoms with Crippen molar-refractivity contribution in [3.8, 4) is 0 Å². The van der Waals surface area contributed by atoms with Crippen LogP contribution in [0.4, 0.5) is 0 Å². The Bertz CT molecular complexity index is 213. The highest BCUT2D eigenvalue weighted by atomic mass is 14.3. The molecule has 0 unspecified atom stereocenters. The van der Waals surface area contributed by atoms with Crippen molar-refractivity contribution >= 4 is 0 Å². The van der Waals surface area contributed by atoms with Gasteiger partial charge in [0, 0.05) is 0 Å². The van der Waals surface area contributed by atoms with E-state index in [1.165, 1.54) is 64.2 Å². The third kappa shape index (κ3) is 2.75. The number of rotatable bonds is 2. The van der Waals surface area contributed by atoms with Gasteiger partial charge in [-0.15, -0.1) is 5.73 Å². The summed E-state index contributed by atoms with van der Waals surface area (Å²) in [7, 11) is 0. The fourth-order valence-corrected chi connectivity index (χ4v) is 3.45. The van der Waals surface area contributed by atoms with Crippen LogP contribution in [-0.4, -0.2) is 0 Å². The average molecular weight is 204 g/mol. The van der Waals surface area contributed by atoms with Crippen molar-refractivity contribution in [2.45, 2.75) is 64.2 Å². The van der Waals surface area contributed by atoms with E-state index < -0.39 is 0 Å². The summed E-state index contributed by atoms with van der Waals surface area (Å²) in [6.07, 6.45) is 14.3. The van der Waals surface area contributed by atoms with Gasteiger partial charge in [-0.3, -0.25) is 0 Å². The van der Waals surface area contributed by atoms with Gasteiger partial charge < -0.3 is 0 Å². The van der Waals surface area contributed by atoms with Crippen LogP contribution in [0.5, 0.6) is 0 Å². The summed E-state index contributed by atoms with van der Waals surface area (Å²) >= 11 is 0. The summed E-state index contributed by atoms with van der Waals surface area (Å²) in [5.41, 5.74) is 4.91. The Labute approximate surface area is 94.5 Å². The van der Waals surface area contributed by atoms with Crippen LogP contribution in [0.25, 0.3) is 0 Å². The molecule has 2 aliphatic carbocycles. The Morgan fingerprint density at radius 3 is 1.47 bits per heavy atom. The molecule has 0 heteroatoms. The van der Waals surface area contributed by atoms with Gasteiger partial charge in [-0.1, -0.05) is 45.1 Å². The van der Waals surface area contributed by atoms with Gasteiger partial charge in [0.1, 0.15) is 0 Å². The number of allylic oxidation sites excluding steroid dienone is 1. The molecule has 15 heavy (non-hydrogen) atoms. The minimum absolute atomic E-state index is 0.847. The van der Waals surface area contributed by atoms with E-state index in [9.17, 15) is 0 Å². The third-order valence-electron chi connectivity index (χ3n) is 4.29. The molecule has 0 N–H and O–H groups in total. The van der Waals surface area contributed by atoms with Crippen LogP contribution in [0.1, 0.15) is 64.2 Å². The molecule has 0 atom stereocenters. The van der Waals surface area contributed by atoms with E-state index >= 15 is 0 Å². The molecule has 0 aromatic carbocycles. The molecule has 0 aromatic heterocycles. The molecule has 0 heterocycles. The van der Waals surface area contributed by atoms with Crippen molar-refractivity contribution in [2.75, 3.05) is 0 Å². The Morgan fingerprint density at radius 2 is 1.13 bits per heavy atom. The lowest BCUT2D eigenvalue weighted by Gasteiger charge is -2.31. The van der Waals surface area contributed by atoms with E-state index in [4.69, 9.17) is 0 Å². The Hall–Kier alpha value is -0.480. The molecule has 2 saturated carbocycles. The fourth-order valence-electron chi connectivity index (χ4n) is 3.45. The van der Waals surface area contributed by atoms with E-state index in [0.29, 0.717) is 0 Å². The zero-order valence-corrected chi connectivity index (χ0v) is 9.93. The normalized spacial score (nSPS) is 24.8. The highest BCUT2D eigenvalue weighted by molar-refractivity contribution is 5.10. The zero-order valence-electron chi connectivity index (χ0n) is 9.93. The second-order valence-electron chi connectivity index (χ2n) is 5.30. The Kier molecular flexibility index (Phi) is 4.09. The predicted octanol–water partition coefficient (Wildman–Crippen LogP) is 4.86. The van der Waals surface area contributed by atoms with Crippen LogP contribution < -0.4 is 0 Å². The van der Waals surface area contributed by atoms with Crippen LogP contribution in [0.15, 0.2) is 17.9 Å². The molecule has 2 fully saturated rings. The molecule has 0 aliphatic heterocycles. The van der Waals surface area contributed by atoms with Gasteiger partial charge in [0.25, 0.3) is 0 Å². The lowest BCUT2D eigenvalue weighted by molar-refractivity contribution is 0.327. The first kappa shape index (κ1) is 11.0. The second-order valence-corrected chi connectivity index (χ2v) is 5.30. The molecule has 2 rings (SSSR count). The lowest BCUT2D eigenvalue weighted by atomic mass is 9.74. The summed E-state index contributed by atoms with van der Waals surface area (Å²) in [6, 6.07) is 0. The van der Waals surface area contributed by atoms with Gasteiger partial charge in [0.05, 0.1) is 0 Å². The highest BCUT2D eigenvalue weighted by Crippen LogP contribution is 2.38. The van der Waals surface area contributed by atoms with Crippen molar-refractivity contribution < 1.29 is 0 Å². The predicted molar refractivity (Wildman–Crippen MR) is 65.8 cm³/mol. The van der Waals surface area contributed by atoms with Crippen LogP contribution in [-0.2, 0) is 0 Å². The van der Waals surface area contributed by atoms with Gasteiger partial charge in [0.15, 0.2) is 0 Å². The molecule has 0 spiro atoms. The quantitative estimate of drug-likeness (QED) is 0.564. The van der Waals surface area contributed by atoms with E-state index in [0.717, 1.165) is 11.8 Å². The van der Waals surface area contributed by atoms with Crippen molar-refractivity contribution in [1.29, 1.82) is 0 Å². The van der Waals surface area contributed by atoms with Crippen molar-refractivity contribution in [2.24, 2.45) is 11.8 Å². The van der Waals surface area contributed by atoms with Gasteiger partial charge in [-0.05, 0) is 43.1 Å². The molecule has 2 aliphatic rings. The largest absolute Gasteiger partial charge is 0.129 e. The van der Waals surface area contributed by atoms with Gasteiger partial charge in [0.2, 0.25) is 0 Å². The molecule has 0 amide bonds. The maximum atomic E-state index is 3.95. The topological polar surface area (TPSA) is 0 Å². The van der Waals surface area contributed by atoms with E-state index in [-0.39, 0.29) is 0 Å². The lowest BCUT2D eigenvalue weighted by Crippen LogP contribution is -2.18. The molecular weight excluding hydrogens is 180 g/mol. The molecular formula is C15H24.